The highest BCUT2D eigenvalue weighted by atomic mass is 35.5. The van der Waals surface area contributed by atoms with E-state index < -0.39 is 5.38 Å². The molecular weight excluding hydrogens is 268 g/mol. The van der Waals surface area contributed by atoms with E-state index in [4.69, 9.17) is 30.2 Å². The van der Waals surface area contributed by atoms with Crippen LogP contribution in [0.3, 0.4) is 0 Å². The molecule has 5 heteroatoms. The van der Waals surface area contributed by atoms with E-state index in [0.717, 1.165) is 5.56 Å². The smallest absolute Gasteiger partial charge is 0.203 e. The molecule has 0 aliphatic heterocycles. The van der Waals surface area contributed by atoms with Crippen molar-refractivity contribution in [3.05, 3.63) is 41.9 Å². The van der Waals surface area contributed by atoms with Crippen molar-refractivity contribution in [2.24, 2.45) is 0 Å². The molecule has 0 saturated carbocycles. The third kappa shape index (κ3) is 2.49. The molecule has 2 aromatic rings. The van der Waals surface area contributed by atoms with Gasteiger partial charge in [-0.25, -0.2) is 0 Å². The molecule has 1 unspecified atom stereocenters. The summed E-state index contributed by atoms with van der Waals surface area (Å²) in [7, 11) is 4.69. The van der Waals surface area contributed by atoms with Gasteiger partial charge in [-0.2, -0.15) is 0 Å². The molecule has 19 heavy (non-hydrogen) atoms. The Morgan fingerprint density at radius 1 is 1.00 bits per heavy atom. The Hall–Kier alpha value is -1.81. The van der Waals surface area contributed by atoms with Gasteiger partial charge < -0.3 is 18.6 Å². The lowest BCUT2D eigenvalue weighted by molar-refractivity contribution is 0.322. The van der Waals surface area contributed by atoms with Crippen LogP contribution in [0.5, 0.6) is 17.2 Å². The normalized spacial score (nSPS) is 12.0. The van der Waals surface area contributed by atoms with Crippen LogP contribution in [0, 0.1) is 0 Å². The van der Waals surface area contributed by atoms with Gasteiger partial charge in [-0.05, 0) is 24.3 Å². The van der Waals surface area contributed by atoms with Gasteiger partial charge in [0.2, 0.25) is 5.75 Å². The lowest BCUT2D eigenvalue weighted by atomic mass is 10.1. The van der Waals surface area contributed by atoms with Crippen LogP contribution in [0.2, 0.25) is 0 Å². The van der Waals surface area contributed by atoms with E-state index in [-0.39, 0.29) is 0 Å². The fourth-order valence-corrected chi connectivity index (χ4v) is 2.21. The summed E-state index contributed by atoms with van der Waals surface area (Å²) >= 11 is 6.41. The molecule has 0 aliphatic rings. The van der Waals surface area contributed by atoms with Gasteiger partial charge in [0.1, 0.15) is 11.1 Å². The molecule has 0 bridgehead atoms. The zero-order chi connectivity index (χ0) is 13.8. The molecule has 1 aromatic heterocycles. The lowest BCUT2D eigenvalue weighted by Crippen LogP contribution is -2.01. The highest BCUT2D eigenvalue weighted by molar-refractivity contribution is 6.22. The van der Waals surface area contributed by atoms with Crippen molar-refractivity contribution in [3.8, 4) is 17.2 Å². The third-order valence-electron chi connectivity index (χ3n) is 2.80. The Morgan fingerprint density at radius 3 is 2.26 bits per heavy atom. The van der Waals surface area contributed by atoms with Crippen molar-refractivity contribution >= 4 is 11.6 Å². The van der Waals surface area contributed by atoms with E-state index in [1.165, 1.54) is 0 Å². The number of furan rings is 1. The molecule has 0 radical (unpaired) electrons. The number of hydrogen-bond donors (Lipinski definition) is 0. The summed E-state index contributed by atoms with van der Waals surface area (Å²) in [6.45, 7) is 0. The number of rotatable bonds is 5. The van der Waals surface area contributed by atoms with E-state index in [9.17, 15) is 0 Å². The molecule has 4 nitrogen and oxygen atoms in total. The summed E-state index contributed by atoms with van der Waals surface area (Å²) in [5.74, 6) is 2.29. The maximum Gasteiger partial charge on any atom is 0.203 e. The second kappa shape index (κ2) is 5.89. The van der Waals surface area contributed by atoms with E-state index in [1.807, 2.05) is 12.1 Å². The molecule has 0 saturated heterocycles. The molecule has 0 N–H and O–H groups in total. The topological polar surface area (TPSA) is 40.8 Å². The van der Waals surface area contributed by atoms with Crippen LogP contribution in [-0.2, 0) is 0 Å². The Balaban J connectivity index is 2.51. The highest BCUT2D eigenvalue weighted by Crippen LogP contribution is 2.45. The first-order valence-electron chi connectivity index (χ1n) is 5.69. The standard InChI is InChI=1S/C14H15ClO4/c1-16-11-7-6-9(13(17-2)14(11)18-3)12(15)10-5-4-8-19-10/h4-8,12H,1-3H3. The van der Waals surface area contributed by atoms with Crippen LogP contribution in [0.15, 0.2) is 34.9 Å². The van der Waals surface area contributed by atoms with Gasteiger partial charge in [0.25, 0.3) is 0 Å². The molecule has 102 valence electrons. The van der Waals surface area contributed by atoms with E-state index in [1.54, 1.807) is 39.7 Å². The van der Waals surface area contributed by atoms with Crippen molar-refractivity contribution < 1.29 is 18.6 Å². The van der Waals surface area contributed by atoms with Gasteiger partial charge in [0.15, 0.2) is 11.5 Å². The van der Waals surface area contributed by atoms with Gasteiger partial charge >= 0.3 is 0 Å². The Kier molecular flexibility index (Phi) is 4.22. The maximum absolute atomic E-state index is 6.41. The van der Waals surface area contributed by atoms with Crippen molar-refractivity contribution in [2.75, 3.05) is 21.3 Å². The number of ether oxygens (including phenoxy) is 3. The van der Waals surface area contributed by atoms with Gasteiger partial charge in [0.05, 0.1) is 27.6 Å². The predicted molar refractivity (Wildman–Crippen MR) is 72.5 cm³/mol. The summed E-state index contributed by atoms with van der Waals surface area (Å²) in [4.78, 5) is 0. The quantitative estimate of drug-likeness (QED) is 0.785. The first-order chi connectivity index (χ1) is 9.22. The van der Waals surface area contributed by atoms with E-state index >= 15 is 0 Å². The number of halogens is 1. The third-order valence-corrected chi connectivity index (χ3v) is 3.25. The van der Waals surface area contributed by atoms with Gasteiger partial charge in [-0.15, -0.1) is 11.6 Å². The van der Waals surface area contributed by atoms with Crippen LogP contribution < -0.4 is 14.2 Å². The molecule has 1 heterocycles. The minimum Gasteiger partial charge on any atom is -0.493 e. The van der Waals surface area contributed by atoms with E-state index in [0.29, 0.717) is 23.0 Å². The molecule has 0 spiro atoms. The zero-order valence-corrected chi connectivity index (χ0v) is 11.7. The number of hydrogen-bond acceptors (Lipinski definition) is 4. The Bertz CT molecular complexity index is 537. The van der Waals surface area contributed by atoms with E-state index in [2.05, 4.69) is 0 Å². The summed E-state index contributed by atoms with van der Waals surface area (Å²) in [5.41, 5.74) is 0.761. The second-order valence-corrected chi connectivity index (χ2v) is 4.24. The number of methoxy groups -OCH3 is 3. The number of alkyl halides is 1. The van der Waals surface area contributed by atoms with Crippen LogP contribution in [0.4, 0.5) is 0 Å². The highest BCUT2D eigenvalue weighted by Gasteiger charge is 2.23. The maximum atomic E-state index is 6.41. The minimum atomic E-state index is -0.454. The number of benzene rings is 1. The van der Waals surface area contributed by atoms with Crippen molar-refractivity contribution in [1.29, 1.82) is 0 Å². The first-order valence-corrected chi connectivity index (χ1v) is 6.12. The van der Waals surface area contributed by atoms with Gasteiger partial charge in [-0.1, -0.05) is 0 Å². The summed E-state index contributed by atoms with van der Waals surface area (Å²) < 4.78 is 21.3. The molecule has 1 atom stereocenters. The van der Waals surface area contributed by atoms with Crippen LogP contribution in [0.1, 0.15) is 16.7 Å². The first kappa shape index (κ1) is 13.6. The van der Waals surface area contributed by atoms with Crippen LogP contribution >= 0.6 is 11.6 Å². The molecule has 0 aliphatic carbocycles. The Labute approximate surface area is 116 Å². The summed E-state index contributed by atoms with van der Waals surface area (Å²) in [5, 5.41) is -0.454. The van der Waals surface area contributed by atoms with Crippen molar-refractivity contribution in [2.45, 2.75) is 5.38 Å². The molecule has 1 aromatic carbocycles. The second-order valence-electron chi connectivity index (χ2n) is 3.80. The average molecular weight is 283 g/mol. The van der Waals surface area contributed by atoms with Crippen molar-refractivity contribution in [1.82, 2.24) is 0 Å². The molecular formula is C14H15ClO4. The largest absolute Gasteiger partial charge is 0.493 e. The fraction of sp³-hybridized carbons (Fsp3) is 0.286. The van der Waals surface area contributed by atoms with Gasteiger partial charge in [-0.3, -0.25) is 0 Å². The molecule has 0 fully saturated rings. The monoisotopic (exact) mass is 282 g/mol. The summed E-state index contributed by atoms with van der Waals surface area (Å²) in [6, 6.07) is 7.22. The Morgan fingerprint density at radius 2 is 1.74 bits per heavy atom. The molecule has 0 amide bonds. The zero-order valence-electron chi connectivity index (χ0n) is 11.0. The van der Waals surface area contributed by atoms with Crippen LogP contribution in [0.25, 0.3) is 0 Å². The average Bonchev–Trinajstić information content (AvgIpc) is 2.98. The van der Waals surface area contributed by atoms with Crippen LogP contribution in [-0.4, -0.2) is 21.3 Å². The van der Waals surface area contributed by atoms with Gasteiger partial charge in [0, 0.05) is 5.56 Å². The lowest BCUT2D eigenvalue weighted by Gasteiger charge is -2.17. The van der Waals surface area contributed by atoms with Crippen molar-refractivity contribution in [3.63, 3.8) is 0 Å². The minimum absolute atomic E-state index is 0.454. The predicted octanol–water partition coefficient (Wildman–Crippen LogP) is 3.63. The summed E-state index contributed by atoms with van der Waals surface area (Å²) in [6.07, 6.45) is 1.58. The SMILES string of the molecule is COc1ccc(C(Cl)c2ccco2)c(OC)c1OC. The molecule has 2 rings (SSSR count). The fourth-order valence-electron chi connectivity index (χ4n) is 1.91.